The summed E-state index contributed by atoms with van der Waals surface area (Å²) in [5.41, 5.74) is 0. The first kappa shape index (κ1) is 12.2. The molecular weight excluding hydrogens is 254 g/mol. The number of nitro groups is 1. The van der Waals surface area contributed by atoms with Crippen molar-refractivity contribution in [2.75, 3.05) is 6.61 Å². The molecule has 2 heterocycles. The smallest absolute Gasteiger partial charge is 0.394 e. The van der Waals surface area contributed by atoms with Crippen LogP contribution < -0.4 is 0 Å². The highest BCUT2D eigenvalue weighted by Crippen LogP contribution is 2.34. The van der Waals surface area contributed by atoms with Gasteiger partial charge >= 0.3 is 5.95 Å². The van der Waals surface area contributed by atoms with Gasteiger partial charge in [0, 0.05) is 0 Å². The van der Waals surface area contributed by atoms with E-state index in [9.17, 15) is 15.2 Å². The number of ether oxygens (including phenoxy) is 1. The summed E-state index contributed by atoms with van der Waals surface area (Å²) < 4.78 is 6.34. The van der Waals surface area contributed by atoms with Crippen molar-refractivity contribution in [1.29, 1.82) is 0 Å². The molecule has 8 nitrogen and oxygen atoms in total. The number of rotatable bonds is 3. The lowest BCUT2D eigenvalue weighted by molar-refractivity contribution is -0.398. The van der Waals surface area contributed by atoms with Crippen LogP contribution in [0.2, 0.25) is 0 Å². The molecule has 17 heavy (non-hydrogen) atoms. The Labute approximate surface area is 101 Å². The lowest BCUT2D eigenvalue weighted by Crippen LogP contribution is -2.28. The minimum Gasteiger partial charge on any atom is -0.394 e. The van der Waals surface area contributed by atoms with Crippen molar-refractivity contribution in [1.82, 2.24) is 9.55 Å². The number of hydrogen-bond acceptors (Lipinski definition) is 6. The zero-order valence-corrected chi connectivity index (χ0v) is 9.27. The highest BCUT2D eigenvalue weighted by molar-refractivity contribution is 6.21. The molecule has 0 saturated carbocycles. The Morgan fingerprint density at radius 2 is 2.41 bits per heavy atom. The van der Waals surface area contributed by atoms with E-state index in [0.29, 0.717) is 0 Å². The van der Waals surface area contributed by atoms with Crippen LogP contribution in [-0.4, -0.2) is 48.9 Å². The van der Waals surface area contributed by atoms with Gasteiger partial charge in [-0.05, 0) is 4.92 Å². The number of alkyl halides is 1. The van der Waals surface area contributed by atoms with Gasteiger partial charge in [0.05, 0.1) is 12.0 Å². The number of hydrogen-bond donors (Lipinski definition) is 2. The third kappa shape index (κ3) is 2.00. The van der Waals surface area contributed by atoms with E-state index in [0.717, 1.165) is 4.57 Å². The van der Waals surface area contributed by atoms with Gasteiger partial charge in [-0.2, -0.15) is 4.57 Å². The molecule has 1 aromatic heterocycles. The van der Waals surface area contributed by atoms with Crippen molar-refractivity contribution in [3.05, 3.63) is 22.5 Å². The topological polar surface area (TPSA) is 111 Å². The summed E-state index contributed by atoms with van der Waals surface area (Å²) in [6.07, 6.45) is -0.392. The summed E-state index contributed by atoms with van der Waals surface area (Å²) in [4.78, 5) is 13.5. The summed E-state index contributed by atoms with van der Waals surface area (Å²) in [5.74, 6) is -0.448. The summed E-state index contributed by atoms with van der Waals surface area (Å²) >= 11 is 5.83. The minimum absolute atomic E-state index is 0.371. The van der Waals surface area contributed by atoms with Crippen LogP contribution in [0.1, 0.15) is 6.23 Å². The molecule has 0 aromatic carbocycles. The predicted molar refractivity (Wildman–Crippen MR) is 55.5 cm³/mol. The third-order valence-corrected chi connectivity index (χ3v) is 3.09. The van der Waals surface area contributed by atoms with E-state index in [1.165, 1.54) is 12.4 Å². The van der Waals surface area contributed by atoms with E-state index < -0.39 is 34.7 Å². The average Bonchev–Trinajstić information content (AvgIpc) is 2.86. The zero-order chi connectivity index (χ0) is 12.6. The van der Waals surface area contributed by atoms with Crippen molar-refractivity contribution >= 4 is 17.5 Å². The predicted octanol–water partition coefficient (Wildman–Crippen LogP) is -0.351. The summed E-state index contributed by atoms with van der Waals surface area (Å²) in [5, 5.41) is 28.6. The normalized spacial score (nSPS) is 32.9. The Morgan fingerprint density at radius 3 is 2.94 bits per heavy atom. The van der Waals surface area contributed by atoms with Gasteiger partial charge in [-0.15, -0.1) is 11.6 Å². The quantitative estimate of drug-likeness (QED) is 0.438. The van der Waals surface area contributed by atoms with Crippen LogP contribution in [0.4, 0.5) is 5.95 Å². The van der Waals surface area contributed by atoms with E-state index in [2.05, 4.69) is 4.98 Å². The lowest BCUT2D eigenvalue weighted by Gasteiger charge is -2.13. The second-order valence-corrected chi connectivity index (χ2v) is 4.08. The Kier molecular flexibility index (Phi) is 3.29. The maximum Gasteiger partial charge on any atom is 0.436 e. The van der Waals surface area contributed by atoms with Gasteiger partial charge in [0.25, 0.3) is 0 Å². The Hall–Kier alpha value is -1.22. The van der Waals surface area contributed by atoms with E-state index in [-0.39, 0.29) is 6.61 Å². The van der Waals surface area contributed by atoms with Gasteiger partial charge in [-0.25, -0.2) is 0 Å². The van der Waals surface area contributed by atoms with E-state index in [4.69, 9.17) is 21.4 Å². The molecule has 2 rings (SSSR count). The summed E-state index contributed by atoms with van der Waals surface area (Å²) in [6, 6.07) is 0. The van der Waals surface area contributed by atoms with Gasteiger partial charge in [-0.3, -0.25) is 0 Å². The van der Waals surface area contributed by atoms with Gasteiger partial charge < -0.3 is 25.1 Å². The molecule has 1 aromatic rings. The number of aliphatic hydroxyl groups excluding tert-OH is 2. The first-order valence-corrected chi connectivity index (χ1v) is 5.25. The van der Waals surface area contributed by atoms with E-state index in [1.54, 1.807) is 0 Å². The highest BCUT2D eigenvalue weighted by atomic mass is 35.5. The molecule has 0 radical (unpaired) electrons. The molecule has 9 heteroatoms. The maximum absolute atomic E-state index is 10.7. The molecule has 1 aliphatic rings. The fourth-order valence-corrected chi connectivity index (χ4v) is 1.99. The van der Waals surface area contributed by atoms with Gasteiger partial charge in [-0.1, -0.05) is 4.98 Å². The van der Waals surface area contributed by atoms with Crippen LogP contribution in [0.15, 0.2) is 12.4 Å². The Balaban J connectivity index is 2.29. The molecule has 0 bridgehead atoms. The van der Waals surface area contributed by atoms with Crippen LogP contribution in [0.25, 0.3) is 0 Å². The second-order valence-electron chi connectivity index (χ2n) is 3.57. The molecule has 0 spiro atoms. The zero-order valence-electron chi connectivity index (χ0n) is 8.51. The first-order chi connectivity index (χ1) is 8.06. The SMILES string of the molecule is O=[N+]([O-])c1nccn1[C@@H]1OC(CO)[C@@H](Cl)[C@H]1O. The van der Waals surface area contributed by atoms with Gasteiger partial charge in [0.2, 0.25) is 6.23 Å². The Morgan fingerprint density at radius 1 is 1.71 bits per heavy atom. The Bertz CT molecular complexity index is 425. The maximum atomic E-state index is 10.7. The van der Waals surface area contributed by atoms with Crippen molar-refractivity contribution < 1.29 is 19.9 Å². The molecule has 1 aliphatic heterocycles. The molecule has 0 aliphatic carbocycles. The fraction of sp³-hybridized carbons (Fsp3) is 0.625. The number of halogens is 1. The standard InChI is InChI=1S/C8H10ClN3O5/c9-5-4(3-13)17-7(6(5)14)11-2-1-10-8(11)12(15)16/h1-2,4-7,13-14H,3H2/t4?,5-,6-,7-/m1/s1. The molecule has 1 unspecified atom stereocenters. The van der Waals surface area contributed by atoms with Crippen LogP contribution in [0.5, 0.6) is 0 Å². The first-order valence-electron chi connectivity index (χ1n) is 4.82. The van der Waals surface area contributed by atoms with E-state index in [1.807, 2.05) is 0 Å². The van der Waals surface area contributed by atoms with E-state index >= 15 is 0 Å². The number of aromatic nitrogens is 2. The van der Waals surface area contributed by atoms with Gasteiger partial charge in [0.15, 0.2) is 0 Å². The molecule has 94 valence electrons. The van der Waals surface area contributed by atoms with Crippen molar-refractivity contribution in [2.45, 2.75) is 23.8 Å². The van der Waals surface area contributed by atoms with Crippen LogP contribution in [0, 0.1) is 10.1 Å². The average molecular weight is 264 g/mol. The van der Waals surface area contributed by atoms with Crippen molar-refractivity contribution in [3.63, 3.8) is 0 Å². The highest BCUT2D eigenvalue weighted by Gasteiger charge is 2.46. The molecule has 1 saturated heterocycles. The van der Waals surface area contributed by atoms with Crippen LogP contribution >= 0.6 is 11.6 Å². The number of imidazole rings is 1. The summed E-state index contributed by atoms with van der Waals surface area (Å²) in [6.45, 7) is -0.371. The molecule has 4 atom stereocenters. The van der Waals surface area contributed by atoms with Crippen molar-refractivity contribution in [2.24, 2.45) is 0 Å². The lowest BCUT2D eigenvalue weighted by atomic mass is 10.2. The number of nitrogens with zero attached hydrogens (tertiary/aromatic N) is 3. The molecule has 2 N–H and O–H groups in total. The third-order valence-electron chi connectivity index (χ3n) is 2.55. The molecular formula is C8H10ClN3O5. The van der Waals surface area contributed by atoms with Crippen LogP contribution in [0.3, 0.4) is 0 Å². The van der Waals surface area contributed by atoms with Crippen LogP contribution in [-0.2, 0) is 4.74 Å². The van der Waals surface area contributed by atoms with Crippen molar-refractivity contribution in [3.8, 4) is 0 Å². The minimum atomic E-state index is -1.15. The monoisotopic (exact) mass is 263 g/mol. The molecule has 0 amide bonds. The molecule has 1 fully saturated rings. The number of aliphatic hydroxyl groups is 2. The second kappa shape index (κ2) is 4.57. The largest absolute Gasteiger partial charge is 0.436 e. The fourth-order valence-electron chi connectivity index (χ4n) is 1.73. The van der Waals surface area contributed by atoms with Gasteiger partial charge in [0.1, 0.15) is 24.6 Å². The summed E-state index contributed by atoms with van der Waals surface area (Å²) in [7, 11) is 0.